The number of nitrogens with two attached hydrogens (primary N) is 4. The first-order valence-electron chi connectivity index (χ1n) is 7.80. The summed E-state index contributed by atoms with van der Waals surface area (Å²) in [7, 11) is 1.40. The van der Waals surface area contributed by atoms with Gasteiger partial charge in [-0.15, -0.1) is 0 Å². The normalized spacial score (nSPS) is 50.0. The van der Waals surface area contributed by atoms with E-state index in [1.165, 1.54) is 7.11 Å². The fourth-order valence-corrected chi connectivity index (χ4v) is 2.94. The topological polar surface area (TPSA) is 202 Å². The molecule has 2 rings (SSSR count). The number of ether oxygens (including phenoxy) is 4. The van der Waals surface area contributed by atoms with Crippen molar-refractivity contribution in [3.05, 3.63) is 0 Å². The van der Waals surface area contributed by atoms with Crippen LogP contribution in [-0.4, -0.2) is 96.8 Å². The van der Waals surface area contributed by atoms with Crippen LogP contribution < -0.4 is 22.9 Å². The highest BCUT2D eigenvalue weighted by Gasteiger charge is 2.49. The maximum Gasteiger partial charge on any atom is 0.176 e. The van der Waals surface area contributed by atoms with Crippen molar-refractivity contribution in [2.24, 2.45) is 22.9 Å². The summed E-state index contributed by atoms with van der Waals surface area (Å²) in [6.45, 7) is -0.0120. The van der Waals surface area contributed by atoms with Crippen LogP contribution in [0, 0.1) is 0 Å². The molecule has 2 fully saturated rings. The zero-order valence-electron chi connectivity index (χ0n) is 13.5. The number of hydrogen-bond acceptors (Lipinski definition) is 11. The second kappa shape index (κ2) is 8.29. The van der Waals surface area contributed by atoms with E-state index in [-0.39, 0.29) is 13.1 Å². The van der Waals surface area contributed by atoms with Gasteiger partial charge in [0.05, 0.1) is 12.1 Å². The Morgan fingerprint density at radius 1 is 0.833 bits per heavy atom. The minimum Gasteiger partial charge on any atom is -0.388 e. The summed E-state index contributed by atoms with van der Waals surface area (Å²) in [6.07, 6.45) is -8.18. The number of aliphatic hydroxyl groups excluding tert-OH is 3. The second-order valence-electron chi connectivity index (χ2n) is 6.02. The van der Waals surface area contributed by atoms with Crippen molar-refractivity contribution < 1.29 is 34.3 Å². The molecule has 11 nitrogen and oxygen atoms in total. The summed E-state index contributed by atoms with van der Waals surface area (Å²) in [5, 5.41) is 30.3. The van der Waals surface area contributed by atoms with Crippen LogP contribution in [0.5, 0.6) is 0 Å². The lowest BCUT2D eigenvalue weighted by Gasteiger charge is -2.46. The maximum atomic E-state index is 10.4. The number of methoxy groups -OCH3 is 1. The van der Waals surface area contributed by atoms with E-state index >= 15 is 0 Å². The first-order valence-corrected chi connectivity index (χ1v) is 7.80. The number of aliphatic hydroxyl groups is 3. The highest BCUT2D eigenvalue weighted by Crippen LogP contribution is 2.27. The Hall–Kier alpha value is -0.440. The highest BCUT2D eigenvalue weighted by atomic mass is 16.7. The van der Waals surface area contributed by atoms with Crippen molar-refractivity contribution in [1.82, 2.24) is 0 Å². The van der Waals surface area contributed by atoms with Crippen LogP contribution >= 0.6 is 0 Å². The van der Waals surface area contributed by atoms with Crippen LogP contribution in [0.2, 0.25) is 0 Å². The van der Waals surface area contributed by atoms with Gasteiger partial charge >= 0.3 is 0 Å². The molecule has 0 spiro atoms. The predicted octanol–water partition coefficient (Wildman–Crippen LogP) is -4.88. The van der Waals surface area contributed by atoms with E-state index < -0.39 is 61.3 Å². The highest BCUT2D eigenvalue weighted by molar-refractivity contribution is 4.96. The Labute approximate surface area is 139 Å². The van der Waals surface area contributed by atoms with E-state index in [1.54, 1.807) is 0 Å². The quantitative estimate of drug-likeness (QED) is 0.250. The lowest BCUT2D eigenvalue weighted by Crippen LogP contribution is -2.68. The third-order valence-corrected chi connectivity index (χ3v) is 4.46. The minimum absolute atomic E-state index is 0.0295. The average Bonchev–Trinajstić information content (AvgIpc) is 2.59. The summed E-state index contributed by atoms with van der Waals surface area (Å²) in [5.41, 5.74) is 22.9. The van der Waals surface area contributed by atoms with Gasteiger partial charge in [0.1, 0.15) is 36.6 Å². The van der Waals surface area contributed by atoms with Gasteiger partial charge in [-0.3, -0.25) is 0 Å². The SMILES string of the molecule is CO[C@H]1OC(CN)[C@@H](O[C@H]2OC(CN)[C@@H](O)C(O)[C@@H]2N)C(O)[C@@H]1N. The zero-order valence-corrected chi connectivity index (χ0v) is 13.5. The van der Waals surface area contributed by atoms with Gasteiger partial charge in [0.25, 0.3) is 0 Å². The lowest BCUT2D eigenvalue weighted by atomic mass is 9.95. The van der Waals surface area contributed by atoms with E-state index in [9.17, 15) is 15.3 Å². The molecule has 2 saturated heterocycles. The second-order valence-corrected chi connectivity index (χ2v) is 6.02. The molecule has 142 valence electrons. The smallest absolute Gasteiger partial charge is 0.176 e. The molecule has 0 saturated carbocycles. The van der Waals surface area contributed by atoms with E-state index in [1.807, 2.05) is 0 Å². The van der Waals surface area contributed by atoms with Crippen LogP contribution in [0.15, 0.2) is 0 Å². The number of hydrogen-bond donors (Lipinski definition) is 7. The molecular weight excluding hydrogens is 324 g/mol. The molecule has 0 aliphatic carbocycles. The molecule has 11 heteroatoms. The molecule has 0 aromatic carbocycles. The van der Waals surface area contributed by atoms with Crippen LogP contribution in [0.4, 0.5) is 0 Å². The monoisotopic (exact) mass is 352 g/mol. The minimum atomic E-state index is -1.30. The Bertz CT molecular complexity index is 403. The van der Waals surface area contributed by atoms with Gasteiger partial charge in [-0.2, -0.15) is 0 Å². The Balaban J connectivity index is 2.12. The molecule has 2 heterocycles. The zero-order chi connectivity index (χ0) is 18.0. The molecule has 24 heavy (non-hydrogen) atoms. The first-order chi connectivity index (χ1) is 11.3. The molecule has 0 radical (unpaired) electrons. The molecule has 0 bridgehead atoms. The van der Waals surface area contributed by atoms with Crippen molar-refractivity contribution in [2.75, 3.05) is 20.2 Å². The summed E-state index contributed by atoms with van der Waals surface area (Å²) >= 11 is 0. The number of rotatable bonds is 5. The van der Waals surface area contributed by atoms with Crippen LogP contribution in [-0.2, 0) is 18.9 Å². The molecular formula is C13H28N4O7. The predicted molar refractivity (Wildman–Crippen MR) is 81.3 cm³/mol. The molecule has 0 aromatic rings. The molecule has 11 N–H and O–H groups in total. The van der Waals surface area contributed by atoms with Crippen LogP contribution in [0.3, 0.4) is 0 Å². The summed E-state index contributed by atoms with van der Waals surface area (Å²) in [4.78, 5) is 0. The summed E-state index contributed by atoms with van der Waals surface area (Å²) in [6, 6.07) is -1.92. The summed E-state index contributed by atoms with van der Waals surface area (Å²) < 4.78 is 21.8. The average molecular weight is 352 g/mol. The Kier molecular flexibility index (Phi) is 6.87. The van der Waals surface area contributed by atoms with Gasteiger partial charge in [-0.05, 0) is 0 Å². The van der Waals surface area contributed by atoms with Gasteiger partial charge in [-0.1, -0.05) is 0 Å². The van der Waals surface area contributed by atoms with Crippen molar-refractivity contribution in [3.63, 3.8) is 0 Å². The fourth-order valence-electron chi connectivity index (χ4n) is 2.94. The van der Waals surface area contributed by atoms with Crippen molar-refractivity contribution in [1.29, 1.82) is 0 Å². The van der Waals surface area contributed by atoms with Crippen LogP contribution in [0.1, 0.15) is 0 Å². The lowest BCUT2D eigenvalue weighted by molar-refractivity contribution is -0.319. The Morgan fingerprint density at radius 3 is 1.92 bits per heavy atom. The van der Waals surface area contributed by atoms with Gasteiger partial charge in [0, 0.05) is 20.2 Å². The molecule has 0 amide bonds. The van der Waals surface area contributed by atoms with E-state index in [0.29, 0.717) is 0 Å². The van der Waals surface area contributed by atoms with E-state index in [0.717, 1.165) is 0 Å². The third-order valence-electron chi connectivity index (χ3n) is 4.46. The van der Waals surface area contributed by atoms with Gasteiger partial charge in [0.2, 0.25) is 0 Å². The van der Waals surface area contributed by atoms with Crippen molar-refractivity contribution in [3.8, 4) is 0 Å². The largest absolute Gasteiger partial charge is 0.388 e. The summed E-state index contributed by atoms with van der Waals surface area (Å²) in [5.74, 6) is 0. The van der Waals surface area contributed by atoms with Gasteiger partial charge < -0.3 is 57.2 Å². The molecule has 2 aliphatic rings. The molecule has 10 atom stereocenters. The van der Waals surface area contributed by atoms with Crippen molar-refractivity contribution >= 4 is 0 Å². The maximum absolute atomic E-state index is 10.4. The standard InChI is InChI=1S/C13H28N4O7/c1-21-12-7(17)10(20)11(5(3-15)23-12)24-13-6(16)9(19)8(18)4(2-14)22-13/h4-13,18-20H,2-3,14-17H2,1H3/t4?,5?,6-,7-,8+,9?,10?,11+,12-,13+/m0/s1. The van der Waals surface area contributed by atoms with Crippen LogP contribution in [0.25, 0.3) is 0 Å². The van der Waals surface area contributed by atoms with E-state index in [4.69, 9.17) is 41.9 Å². The van der Waals surface area contributed by atoms with Crippen molar-refractivity contribution in [2.45, 2.75) is 61.3 Å². The molecule has 0 aromatic heterocycles. The van der Waals surface area contributed by atoms with Gasteiger partial charge in [-0.25, -0.2) is 0 Å². The molecule has 4 unspecified atom stereocenters. The van der Waals surface area contributed by atoms with E-state index in [2.05, 4.69) is 0 Å². The Morgan fingerprint density at radius 2 is 1.38 bits per heavy atom. The fraction of sp³-hybridized carbons (Fsp3) is 1.00. The third kappa shape index (κ3) is 3.71. The van der Waals surface area contributed by atoms with Gasteiger partial charge in [0.15, 0.2) is 12.6 Å². The molecule has 2 aliphatic heterocycles. The first kappa shape index (κ1) is 19.9.